The number of rotatable bonds is 5. The van der Waals surface area contributed by atoms with E-state index in [9.17, 15) is 17.6 Å². The number of ether oxygens (including phenoxy) is 3. The molecule has 0 aliphatic carbocycles. The van der Waals surface area contributed by atoms with E-state index in [2.05, 4.69) is 20.2 Å². The lowest BCUT2D eigenvalue weighted by atomic mass is 9.93. The maximum Gasteiger partial charge on any atom is 0.417 e. The van der Waals surface area contributed by atoms with Gasteiger partial charge in [0, 0.05) is 43.3 Å². The molecule has 0 saturated carbocycles. The van der Waals surface area contributed by atoms with Gasteiger partial charge in [-0.2, -0.15) is 23.1 Å². The molecule has 10 nitrogen and oxygen atoms in total. The van der Waals surface area contributed by atoms with Crippen molar-refractivity contribution in [2.24, 2.45) is 0 Å². The second-order valence-corrected chi connectivity index (χ2v) is 12.2. The average Bonchev–Trinajstić information content (AvgIpc) is 3.11. The number of fused-ring (bicyclic) bond motifs is 3. The number of morpholine rings is 1. The number of anilines is 2. The summed E-state index contributed by atoms with van der Waals surface area (Å²) in [4.78, 5) is 17.7. The van der Waals surface area contributed by atoms with Crippen LogP contribution in [-0.2, 0) is 10.9 Å². The Morgan fingerprint density at radius 3 is 2.71 bits per heavy atom. The summed E-state index contributed by atoms with van der Waals surface area (Å²) in [7, 11) is 0. The van der Waals surface area contributed by atoms with E-state index in [1.807, 2.05) is 18.7 Å². The Balaban J connectivity index is 1.40. The van der Waals surface area contributed by atoms with Crippen molar-refractivity contribution in [2.75, 3.05) is 50.1 Å². The largest absolute Gasteiger partial charge is 0.472 e. The zero-order chi connectivity index (χ0) is 31.8. The van der Waals surface area contributed by atoms with E-state index in [4.69, 9.17) is 24.9 Å². The molecule has 242 valence electrons. The molecular formula is C30H34F5N7O3. The molecule has 7 rings (SSSR count). The summed E-state index contributed by atoms with van der Waals surface area (Å²) in [5.74, 6) is -2.17. The minimum Gasteiger partial charge on any atom is -0.472 e. The van der Waals surface area contributed by atoms with Crippen LogP contribution in [0.2, 0.25) is 0 Å². The van der Waals surface area contributed by atoms with E-state index >= 15 is 4.39 Å². The van der Waals surface area contributed by atoms with Crippen LogP contribution >= 0.6 is 0 Å². The first-order valence-corrected chi connectivity index (χ1v) is 15.2. The van der Waals surface area contributed by atoms with Crippen LogP contribution in [0.5, 0.6) is 11.9 Å². The topological polar surface area (TPSA) is 111 Å². The van der Waals surface area contributed by atoms with Gasteiger partial charge < -0.3 is 30.2 Å². The molecular weight excluding hydrogens is 601 g/mol. The van der Waals surface area contributed by atoms with Gasteiger partial charge in [0.05, 0.1) is 30.5 Å². The van der Waals surface area contributed by atoms with Crippen LogP contribution in [0.15, 0.2) is 6.07 Å². The van der Waals surface area contributed by atoms with Crippen LogP contribution < -0.4 is 25.4 Å². The molecule has 3 fully saturated rings. The van der Waals surface area contributed by atoms with Gasteiger partial charge in [0.1, 0.15) is 40.9 Å². The number of hydrogen-bond acceptors (Lipinski definition) is 10. The SMILES string of the molecule is CC[C@@H]1CN2c3nc(OC[C@@H]4C[C@H]5COCCN54)nc4c(F)c(-c5cc(N)c(F)c(C)c5C(F)(F)F)nc(c34)O[C@@H](C)[C@@H]2CN1. The van der Waals surface area contributed by atoms with Crippen LogP contribution in [0.3, 0.4) is 0 Å². The molecule has 0 unspecified atom stereocenters. The molecule has 15 heteroatoms. The van der Waals surface area contributed by atoms with Gasteiger partial charge in [-0.3, -0.25) is 4.90 Å². The summed E-state index contributed by atoms with van der Waals surface area (Å²) in [5.41, 5.74) is 1.32. The molecule has 0 amide bonds. The number of nitrogen functional groups attached to an aromatic ring is 1. The van der Waals surface area contributed by atoms with E-state index in [0.29, 0.717) is 38.2 Å². The number of pyridine rings is 1. The second kappa shape index (κ2) is 11.1. The first kappa shape index (κ1) is 30.1. The van der Waals surface area contributed by atoms with Crippen LogP contribution in [0.1, 0.15) is 37.8 Å². The average molecular weight is 636 g/mol. The van der Waals surface area contributed by atoms with Crippen LogP contribution in [0.4, 0.5) is 33.5 Å². The number of aromatic nitrogens is 3. The highest BCUT2D eigenvalue weighted by Gasteiger charge is 2.43. The summed E-state index contributed by atoms with van der Waals surface area (Å²) < 4.78 is 92.2. The van der Waals surface area contributed by atoms with Crippen molar-refractivity contribution in [3.63, 3.8) is 0 Å². The smallest absolute Gasteiger partial charge is 0.417 e. The third kappa shape index (κ3) is 4.99. The lowest BCUT2D eigenvalue weighted by Gasteiger charge is -2.50. The van der Waals surface area contributed by atoms with Crippen molar-refractivity contribution in [1.29, 1.82) is 0 Å². The highest BCUT2D eigenvalue weighted by Crippen LogP contribution is 2.46. The first-order chi connectivity index (χ1) is 21.5. The molecule has 0 bridgehead atoms. The summed E-state index contributed by atoms with van der Waals surface area (Å²) >= 11 is 0. The van der Waals surface area contributed by atoms with Gasteiger partial charge in [0.15, 0.2) is 5.82 Å². The fourth-order valence-corrected chi connectivity index (χ4v) is 7.03. The fraction of sp³-hybridized carbons (Fsp3) is 0.567. The van der Waals surface area contributed by atoms with E-state index in [1.165, 1.54) is 0 Å². The molecule has 4 aliphatic heterocycles. The van der Waals surface area contributed by atoms with Crippen molar-refractivity contribution < 1.29 is 36.2 Å². The Morgan fingerprint density at radius 2 is 1.98 bits per heavy atom. The predicted octanol–water partition coefficient (Wildman–Crippen LogP) is 4.07. The van der Waals surface area contributed by atoms with Gasteiger partial charge >= 0.3 is 12.2 Å². The molecule has 0 spiro atoms. The second-order valence-electron chi connectivity index (χ2n) is 12.2. The zero-order valence-electron chi connectivity index (χ0n) is 25.0. The molecule has 6 heterocycles. The lowest BCUT2D eigenvalue weighted by molar-refractivity contribution is -0.137. The van der Waals surface area contributed by atoms with E-state index in [-0.39, 0.29) is 47.5 Å². The number of nitrogens with two attached hydrogens (primary N) is 1. The molecule has 3 N–H and O–H groups in total. The van der Waals surface area contributed by atoms with Gasteiger partial charge in [0.25, 0.3) is 0 Å². The van der Waals surface area contributed by atoms with Crippen molar-refractivity contribution >= 4 is 22.4 Å². The van der Waals surface area contributed by atoms with Gasteiger partial charge in [-0.1, -0.05) is 6.92 Å². The normalized spacial score (nSPS) is 26.5. The highest BCUT2D eigenvalue weighted by atomic mass is 19.4. The van der Waals surface area contributed by atoms with Crippen LogP contribution in [0.25, 0.3) is 22.2 Å². The third-order valence-corrected chi connectivity index (χ3v) is 9.51. The summed E-state index contributed by atoms with van der Waals surface area (Å²) in [5, 5.41) is 3.62. The quantitative estimate of drug-likeness (QED) is 0.315. The summed E-state index contributed by atoms with van der Waals surface area (Å²) in [6.07, 6.45) is -3.87. The Bertz CT molecular complexity index is 1660. The molecule has 1 aromatic carbocycles. The van der Waals surface area contributed by atoms with E-state index < -0.39 is 52.0 Å². The van der Waals surface area contributed by atoms with Crippen LogP contribution in [-0.4, -0.2) is 89.6 Å². The Kier molecular flexibility index (Phi) is 7.40. The molecule has 2 aromatic heterocycles. The molecule has 4 aliphatic rings. The monoisotopic (exact) mass is 635 g/mol. The van der Waals surface area contributed by atoms with E-state index in [0.717, 1.165) is 32.4 Å². The van der Waals surface area contributed by atoms with Crippen molar-refractivity contribution in [3.05, 3.63) is 28.8 Å². The lowest BCUT2D eigenvalue weighted by Crippen LogP contribution is -2.63. The number of alkyl halides is 3. The molecule has 3 saturated heterocycles. The maximum absolute atomic E-state index is 16.7. The third-order valence-electron chi connectivity index (χ3n) is 9.51. The number of hydrogen-bond donors (Lipinski definition) is 2. The van der Waals surface area contributed by atoms with Crippen molar-refractivity contribution in [3.8, 4) is 23.1 Å². The van der Waals surface area contributed by atoms with E-state index in [1.54, 1.807) is 0 Å². The van der Waals surface area contributed by atoms with Gasteiger partial charge in [-0.15, -0.1) is 0 Å². The minimum atomic E-state index is -5.04. The Hall–Kier alpha value is -3.56. The van der Waals surface area contributed by atoms with Crippen LogP contribution in [0, 0.1) is 18.6 Å². The fourth-order valence-electron chi connectivity index (χ4n) is 7.03. The maximum atomic E-state index is 16.7. The Labute approximate surface area is 256 Å². The molecule has 45 heavy (non-hydrogen) atoms. The summed E-state index contributed by atoms with van der Waals surface area (Å²) in [6.45, 7) is 8.16. The first-order valence-electron chi connectivity index (χ1n) is 15.2. The predicted molar refractivity (Wildman–Crippen MR) is 155 cm³/mol. The molecule has 5 atom stereocenters. The molecule has 3 aromatic rings. The number of benzene rings is 1. The number of nitrogens with one attached hydrogen (secondary N) is 1. The minimum absolute atomic E-state index is 0.102. The zero-order valence-corrected chi connectivity index (χ0v) is 25.0. The van der Waals surface area contributed by atoms with Gasteiger partial charge in [-0.25, -0.2) is 13.8 Å². The standard InChI is InChI=1S/C30H34F5N7O3/c1-4-15-10-42-20(9-37-15)14(3)45-28-21-26(39-29(40-27(21)42)44-12-17-7-16-11-43-6-5-41(16)17)24(32)25(38-28)18-8-19(36)23(31)13(2)22(18)30(33,34)35/h8,14-17,20,37H,4-7,9-12,36H2,1-3H3/t14-,15+,16-,17-,20-/m0/s1. The number of nitrogens with zero attached hydrogens (tertiary/aromatic N) is 5. The Morgan fingerprint density at radius 1 is 1.18 bits per heavy atom. The number of piperazine rings is 1. The summed E-state index contributed by atoms with van der Waals surface area (Å²) in [6, 6.07) is 0.919. The number of halogens is 5. The molecule has 0 radical (unpaired) electrons. The van der Waals surface area contributed by atoms with Crippen molar-refractivity contribution in [1.82, 2.24) is 25.2 Å². The highest BCUT2D eigenvalue weighted by molar-refractivity contribution is 5.97. The van der Waals surface area contributed by atoms with Gasteiger partial charge in [-0.05, 0) is 38.3 Å². The van der Waals surface area contributed by atoms with Gasteiger partial charge in [0.2, 0.25) is 5.88 Å². The van der Waals surface area contributed by atoms with Crippen molar-refractivity contribution in [2.45, 2.75) is 70.1 Å².